The van der Waals surface area contributed by atoms with Gasteiger partial charge in [-0.2, -0.15) is 0 Å². The van der Waals surface area contributed by atoms with Crippen LogP contribution in [0.4, 0.5) is 4.79 Å². The summed E-state index contributed by atoms with van der Waals surface area (Å²) in [5.74, 6) is -0.221. The summed E-state index contributed by atoms with van der Waals surface area (Å²) >= 11 is 0. The number of hydrogen-bond donors (Lipinski definition) is 4. The van der Waals surface area contributed by atoms with E-state index in [4.69, 9.17) is 4.74 Å². The van der Waals surface area contributed by atoms with Crippen molar-refractivity contribution in [3.63, 3.8) is 0 Å². The number of H-pyrrole nitrogens is 2. The Balaban J connectivity index is 1.61. The molecule has 2 amide bonds. The second-order valence-corrected chi connectivity index (χ2v) is 8.95. The van der Waals surface area contributed by atoms with Gasteiger partial charge in [0.25, 0.3) is 5.91 Å². The Morgan fingerprint density at radius 3 is 2.53 bits per heavy atom. The minimum atomic E-state index is -0.605. The van der Waals surface area contributed by atoms with Gasteiger partial charge in [-0.15, -0.1) is 0 Å². The van der Waals surface area contributed by atoms with Gasteiger partial charge in [-0.25, -0.2) is 4.79 Å². The van der Waals surface area contributed by atoms with Gasteiger partial charge in [0.2, 0.25) is 0 Å². The second kappa shape index (κ2) is 8.42. The molecular weight excluding hydrogens is 404 g/mol. The number of carbonyl (C=O) groups excluding carboxylic acids is 2. The van der Waals surface area contributed by atoms with Gasteiger partial charge in [-0.3, -0.25) is 4.79 Å². The third-order valence-corrected chi connectivity index (χ3v) is 5.23. The van der Waals surface area contributed by atoms with Crippen LogP contribution in [-0.2, 0) is 4.74 Å². The van der Waals surface area contributed by atoms with E-state index in [9.17, 15) is 9.59 Å². The van der Waals surface area contributed by atoms with E-state index in [0.29, 0.717) is 5.56 Å². The van der Waals surface area contributed by atoms with E-state index in [1.165, 1.54) is 0 Å². The largest absolute Gasteiger partial charge is 0.444 e. The average molecular weight is 433 g/mol. The number of nitrogens with one attached hydrogen (secondary N) is 4. The highest BCUT2D eigenvalue weighted by molar-refractivity contribution is 6.07. The van der Waals surface area contributed by atoms with Crippen LogP contribution < -0.4 is 10.6 Å². The molecule has 4 aromatic rings. The number of para-hydroxylation sites is 1. The maximum Gasteiger partial charge on any atom is 0.407 e. The third-order valence-electron chi connectivity index (χ3n) is 5.23. The Hall–Kier alpha value is -3.74. The number of aromatic nitrogens is 2. The van der Waals surface area contributed by atoms with Gasteiger partial charge < -0.3 is 25.3 Å². The molecule has 32 heavy (non-hydrogen) atoms. The highest BCUT2D eigenvalue weighted by Crippen LogP contribution is 2.25. The van der Waals surface area contributed by atoms with E-state index in [1.54, 1.807) is 6.20 Å². The fourth-order valence-corrected chi connectivity index (χ4v) is 3.78. The molecule has 0 fully saturated rings. The van der Waals surface area contributed by atoms with Crippen LogP contribution >= 0.6 is 0 Å². The monoisotopic (exact) mass is 432 g/mol. The van der Waals surface area contributed by atoms with Gasteiger partial charge in [-0.05, 0) is 45.4 Å². The predicted octanol–water partition coefficient (Wildman–Crippen LogP) is 4.95. The van der Waals surface area contributed by atoms with Gasteiger partial charge >= 0.3 is 6.09 Å². The van der Waals surface area contributed by atoms with E-state index in [0.717, 1.165) is 32.9 Å². The zero-order chi connectivity index (χ0) is 22.9. The Morgan fingerprint density at radius 2 is 1.75 bits per heavy atom. The summed E-state index contributed by atoms with van der Waals surface area (Å²) in [5, 5.41) is 7.72. The number of rotatable bonds is 5. The number of aryl methyl sites for hydroxylation is 1. The summed E-state index contributed by atoms with van der Waals surface area (Å²) in [7, 11) is 0. The SMILES string of the molecule is Cc1ccc2c(C(=O)NC(CNC(=O)OC(C)(C)C)c3c[nH]c4ccccc34)c[nH]c2c1. The van der Waals surface area contributed by atoms with E-state index >= 15 is 0 Å². The first-order chi connectivity index (χ1) is 15.2. The standard InChI is InChI=1S/C25H28N4O3/c1-15-9-10-17-19(13-27-21(17)11-15)23(30)29-22(14-28-24(31)32-25(2,3)4)18-12-26-20-8-6-5-7-16(18)20/h5-13,22,26-27H,14H2,1-4H3,(H,28,31)(H,29,30). The predicted molar refractivity (Wildman–Crippen MR) is 126 cm³/mol. The van der Waals surface area contributed by atoms with Gasteiger partial charge in [0.15, 0.2) is 0 Å². The Labute approximate surface area is 186 Å². The van der Waals surface area contributed by atoms with Crippen LogP contribution in [0.5, 0.6) is 0 Å². The van der Waals surface area contributed by atoms with Crippen molar-refractivity contribution in [2.45, 2.75) is 39.3 Å². The van der Waals surface area contributed by atoms with Crippen LogP contribution in [0, 0.1) is 6.92 Å². The lowest BCUT2D eigenvalue weighted by Crippen LogP contribution is -2.40. The van der Waals surface area contributed by atoms with E-state index in [1.807, 2.05) is 76.4 Å². The van der Waals surface area contributed by atoms with Crippen LogP contribution in [0.25, 0.3) is 21.8 Å². The molecule has 0 saturated heterocycles. The third kappa shape index (κ3) is 4.61. The van der Waals surface area contributed by atoms with E-state index < -0.39 is 17.7 Å². The van der Waals surface area contributed by atoms with Crippen molar-refractivity contribution in [1.82, 2.24) is 20.6 Å². The number of amides is 2. The minimum absolute atomic E-state index is 0.184. The number of ether oxygens (including phenoxy) is 1. The normalized spacial score (nSPS) is 12.6. The molecule has 7 heteroatoms. The fraction of sp³-hybridized carbons (Fsp3) is 0.280. The first-order valence-corrected chi connectivity index (χ1v) is 10.6. The summed E-state index contributed by atoms with van der Waals surface area (Å²) in [6.07, 6.45) is 3.05. The Bertz CT molecular complexity index is 1280. The molecule has 2 aromatic heterocycles. The number of carbonyl (C=O) groups is 2. The topological polar surface area (TPSA) is 99.0 Å². The summed E-state index contributed by atoms with van der Waals surface area (Å²) in [4.78, 5) is 31.9. The van der Waals surface area contributed by atoms with E-state index in [2.05, 4.69) is 20.6 Å². The first kappa shape index (κ1) is 21.5. The Morgan fingerprint density at radius 1 is 1.00 bits per heavy atom. The lowest BCUT2D eigenvalue weighted by atomic mass is 10.0. The highest BCUT2D eigenvalue weighted by atomic mass is 16.6. The lowest BCUT2D eigenvalue weighted by Gasteiger charge is -2.22. The second-order valence-electron chi connectivity index (χ2n) is 8.95. The van der Waals surface area contributed by atoms with Crippen LogP contribution in [0.1, 0.15) is 48.3 Å². The molecule has 0 bridgehead atoms. The van der Waals surface area contributed by atoms with Crippen molar-refractivity contribution >= 4 is 33.8 Å². The minimum Gasteiger partial charge on any atom is -0.444 e. The molecule has 0 aliphatic rings. The summed E-state index contributed by atoms with van der Waals surface area (Å²) in [6.45, 7) is 7.62. The van der Waals surface area contributed by atoms with Crippen LogP contribution in [0.15, 0.2) is 54.9 Å². The fourth-order valence-electron chi connectivity index (χ4n) is 3.78. The maximum absolute atomic E-state index is 13.2. The molecule has 2 heterocycles. The number of aromatic amines is 2. The van der Waals surface area contributed by atoms with Crippen LogP contribution in [-0.4, -0.2) is 34.1 Å². The number of hydrogen-bond acceptors (Lipinski definition) is 3. The van der Waals surface area contributed by atoms with Gasteiger partial charge in [-0.1, -0.05) is 30.3 Å². The molecule has 0 saturated carbocycles. The summed E-state index contributed by atoms with van der Waals surface area (Å²) in [6, 6.07) is 13.3. The molecule has 1 unspecified atom stereocenters. The van der Waals surface area contributed by atoms with Crippen molar-refractivity contribution in [2.75, 3.05) is 6.54 Å². The molecule has 4 rings (SSSR count). The van der Waals surface area contributed by atoms with Crippen molar-refractivity contribution in [3.05, 3.63) is 71.5 Å². The van der Waals surface area contributed by atoms with Crippen molar-refractivity contribution in [3.8, 4) is 0 Å². The van der Waals surface area contributed by atoms with Gasteiger partial charge in [0.1, 0.15) is 5.60 Å². The van der Waals surface area contributed by atoms with Crippen molar-refractivity contribution < 1.29 is 14.3 Å². The molecule has 4 N–H and O–H groups in total. The van der Waals surface area contributed by atoms with Gasteiger partial charge in [0.05, 0.1) is 11.6 Å². The zero-order valence-electron chi connectivity index (χ0n) is 18.7. The number of fused-ring (bicyclic) bond motifs is 2. The maximum atomic E-state index is 13.2. The Kier molecular flexibility index (Phi) is 5.65. The number of alkyl carbamates (subject to hydrolysis) is 1. The molecule has 0 aliphatic carbocycles. The average Bonchev–Trinajstić information content (AvgIpc) is 3.33. The molecule has 7 nitrogen and oxygen atoms in total. The van der Waals surface area contributed by atoms with Crippen molar-refractivity contribution in [2.24, 2.45) is 0 Å². The van der Waals surface area contributed by atoms with Crippen molar-refractivity contribution in [1.29, 1.82) is 0 Å². The summed E-state index contributed by atoms with van der Waals surface area (Å²) in [5.41, 5.74) is 3.82. The molecule has 2 aromatic carbocycles. The molecule has 0 spiro atoms. The van der Waals surface area contributed by atoms with Gasteiger partial charge in [0, 0.05) is 46.3 Å². The van der Waals surface area contributed by atoms with E-state index in [-0.39, 0.29) is 12.5 Å². The van der Waals surface area contributed by atoms with Crippen LogP contribution in [0.3, 0.4) is 0 Å². The molecule has 0 radical (unpaired) electrons. The zero-order valence-corrected chi connectivity index (χ0v) is 18.7. The number of benzene rings is 2. The smallest absolute Gasteiger partial charge is 0.407 e. The molecular formula is C25H28N4O3. The first-order valence-electron chi connectivity index (χ1n) is 10.6. The molecule has 1 atom stereocenters. The highest BCUT2D eigenvalue weighted by Gasteiger charge is 2.23. The quantitative estimate of drug-likeness (QED) is 0.359. The summed E-state index contributed by atoms with van der Waals surface area (Å²) < 4.78 is 5.36. The van der Waals surface area contributed by atoms with Crippen LogP contribution in [0.2, 0.25) is 0 Å². The molecule has 0 aliphatic heterocycles. The lowest BCUT2D eigenvalue weighted by molar-refractivity contribution is 0.0520. The molecule has 166 valence electrons.